The van der Waals surface area contributed by atoms with E-state index < -0.39 is 0 Å². The second kappa shape index (κ2) is 8.34. The van der Waals surface area contributed by atoms with Crippen LogP contribution in [0.2, 0.25) is 0 Å². The predicted octanol–water partition coefficient (Wildman–Crippen LogP) is 1.02. The molecule has 1 aromatic heterocycles. The van der Waals surface area contributed by atoms with Gasteiger partial charge in [0.1, 0.15) is 5.82 Å². The molecule has 5 nitrogen and oxygen atoms in total. The Morgan fingerprint density at radius 1 is 1.56 bits per heavy atom. The smallest absolute Gasteiger partial charge is 0.237 e. The molecule has 104 valence electrons. The summed E-state index contributed by atoms with van der Waals surface area (Å²) in [5.74, 6) is 0.965. The second-order valence-electron chi connectivity index (χ2n) is 4.17. The Hall–Kier alpha value is -0.780. The van der Waals surface area contributed by atoms with Crippen LogP contribution in [0, 0.1) is 0 Å². The zero-order valence-electron chi connectivity index (χ0n) is 10.4. The van der Waals surface area contributed by atoms with Crippen molar-refractivity contribution in [1.29, 1.82) is 0 Å². The minimum atomic E-state index is -0.0194. The predicted molar refractivity (Wildman–Crippen MR) is 75.2 cm³/mol. The van der Waals surface area contributed by atoms with Crippen LogP contribution in [0.25, 0.3) is 0 Å². The third-order valence-corrected chi connectivity index (χ3v) is 2.97. The number of aromatic nitrogens is 2. The maximum Gasteiger partial charge on any atom is 0.237 e. The van der Waals surface area contributed by atoms with E-state index in [2.05, 4.69) is 15.6 Å². The van der Waals surface area contributed by atoms with Gasteiger partial charge in [0.15, 0.2) is 0 Å². The lowest BCUT2D eigenvalue weighted by molar-refractivity contribution is -0.123. The van der Waals surface area contributed by atoms with Crippen LogP contribution >= 0.6 is 24.8 Å². The number of nitrogens with zero attached hydrogens (tertiary/aromatic N) is 2. The number of amides is 1. The summed E-state index contributed by atoms with van der Waals surface area (Å²) in [5, 5.41) is 6.14. The monoisotopic (exact) mass is 294 g/mol. The zero-order valence-corrected chi connectivity index (χ0v) is 12.0. The highest BCUT2D eigenvalue weighted by Crippen LogP contribution is 2.06. The lowest BCUT2D eigenvalue weighted by atomic mass is 10.0. The molecular formula is C11H20Cl2N4O. The van der Waals surface area contributed by atoms with Gasteiger partial charge in [0.2, 0.25) is 5.91 Å². The third kappa shape index (κ3) is 4.48. The van der Waals surface area contributed by atoms with Crippen molar-refractivity contribution in [2.24, 2.45) is 7.05 Å². The molecule has 7 heteroatoms. The molecule has 0 saturated carbocycles. The third-order valence-electron chi connectivity index (χ3n) is 2.97. The van der Waals surface area contributed by atoms with Gasteiger partial charge in [0, 0.05) is 19.4 Å². The van der Waals surface area contributed by atoms with Gasteiger partial charge in [-0.1, -0.05) is 6.42 Å². The number of hydrogen-bond acceptors (Lipinski definition) is 3. The first-order chi connectivity index (χ1) is 7.77. The topological polar surface area (TPSA) is 59.0 Å². The van der Waals surface area contributed by atoms with Crippen molar-refractivity contribution in [3.05, 3.63) is 18.2 Å². The van der Waals surface area contributed by atoms with Crippen LogP contribution in [0.3, 0.4) is 0 Å². The van der Waals surface area contributed by atoms with Gasteiger partial charge in [-0.25, -0.2) is 4.98 Å². The van der Waals surface area contributed by atoms with Crippen molar-refractivity contribution < 1.29 is 4.79 Å². The van der Waals surface area contributed by atoms with Crippen LogP contribution < -0.4 is 10.6 Å². The average molecular weight is 295 g/mol. The van der Waals surface area contributed by atoms with Crippen LogP contribution in [-0.4, -0.2) is 28.0 Å². The average Bonchev–Trinajstić information content (AvgIpc) is 2.73. The second-order valence-corrected chi connectivity index (χ2v) is 4.17. The normalized spacial score (nSPS) is 18.4. The molecule has 1 aromatic rings. The summed E-state index contributed by atoms with van der Waals surface area (Å²) in [6, 6.07) is -0.0194. The molecule has 18 heavy (non-hydrogen) atoms. The van der Waals surface area contributed by atoms with E-state index in [4.69, 9.17) is 0 Å². The maximum absolute atomic E-state index is 11.8. The molecular weight excluding hydrogens is 275 g/mol. The van der Waals surface area contributed by atoms with Gasteiger partial charge in [-0.15, -0.1) is 24.8 Å². The van der Waals surface area contributed by atoms with Crippen molar-refractivity contribution in [3.8, 4) is 0 Å². The number of piperidine rings is 1. The van der Waals surface area contributed by atoms with Crippen LogP contribution in [0.1, 0.15) is 25.1 Å². The fourth-order valence-corrected chi connectivity index (χ4v) is 1.93. The Labute approximate surface area is 120 Å². The molecule has 2 heterocycles. The molecule has 1 saturated heterocycles. The molecule has 1 fully saturated rings. The van der Waals surface area contributed by atoms with E-state index in [1.807, 2.05) is 17.8 Å². The van der Waals surface area contributed by atoms with Crippen molar-refractivity contribution >= 4 is 30.7 Å². The Bertz CT molecular complexity index is 364. The SMILES string of the molecule is Cl.Cl.Cn1ccnc1CNC(=O)[C@@H]1CCCCN1. The minimum Gasteiger partial charge on any atom is -0.348 e. The first-order valence-corrected chi connectivity index (χ1v) is 5.74. The highest BCUT2D eigenvalue weighted by Gasteiger charge is 2.20. The van der Waals surface area contributed by atoms with E-state index in [0.29, 0.717) is 6.54 Å². The summed E-state index contributed by atoms with van der Waals surface area (Å²) < 4.78 is 1.91. The number of hydrogen-bond donors (Lipinski definition) is 2. The minimum absolute atomic E-state index is 0. The number of nitrogens with one attached hydrogen (secondary N) is 2. The number of imidazole rings is 1. The highest BCUT2D eigenvalue weighted by atomic mass is 35.5. The van der Waals surface area contributed by atoms with Crippen molar-refractivity contribution in [2.45, 2.75) is 31.8 Å². The maximum atomic E-state index is 11.8. The first kappa shape index (κ1) is 17.2. The van der Waals surface area contributed by atoms with E-state index in [9.17, 15) is 4.79 Å². The Kier molecular flexibility index (Phi) is 7.98. The fraction of sp³-hybridized carbons (Fsp3) is 0.636. The summed E-state index contributed by atoms with van der Waals surface area (Å²) >= 11 is 0. The number of halogens is 2. The largest absolute Gasteiger partial charge is 0.348 e. The molecule has 0 aromatic carbocycles. The summed E-state index contributed by atoms with van der Waals surface area (Å²) in [5.41, 5.74) is 0. The fourth-order valence-electron chi connectivity index (χ4n) is 1.93. The number of carbonyl (C=O) groups excluding carboxylic acids is 1. The van der Waals surface area contributed by atoms with Gasteiger partial charge in [0.25, 0.3) is 0 Å². The van der Waals surface area contributed by atoms with Gasteiger partial charge in [0.05, 0.1) is 12.6 Å². The van der Waals surface area contributed by atoms with Crippen LogP contribution in [0.15, 0.2) is 12.4 Å². The van der Waals surface area contributed by atoms with E-state index in [-0.39, 0.29) is 36.8 Å². The summed E-state index contributed by atoms with van der Waals surface area (Å²) in [4.78, 5) is 16.0. The Morgan fingerprint density at radius 2 is 2.33 bits per heavy atom. The van der Waals surface area contributed by atoms with E-state index in [1.165, 1.54) is 6.42 Å². The van der Waals surface area contributed by atoms with Crippen LogP contribution in [0.5, 0.6) is 0 Å². The lowest BCUT2D eigenvalue weighted by Crippen LogP contribution is -2.46. The molecule has 0 aliphatic carbocycles. The molecule has 1 atom stereocenters. The van der Waals surface area contributed by atoms with Gasteiger partial charge < -0.3 is 15.2 Å². The zero-order chi connectivity index (χ0) is 11.4. The van der Waals surface area contributed by atoms with E-state index in [1.54, 1.807) is 6.20 Å². The molecule has 0 radical (unpaired) electrons. The molecule has 0 bridgehead atoms. The first-order valence-electron chi connectivity index (χ1n) is 5.74. The van der Waals surface area contributed by atoms with Gasteiger partial charge in [-0.05, 0) is 19.4 Å². The number of rotatable bonds is 3. The quantitative estimate of drug-likeness (QED) is 0.875. The van der Waals surface area contributed by atoms with Crippen molar-refractivity contribution in [1.82, 2.24) is 20.2 Å². The molecule has 1 aliphatic heterocycles. The Balaban J connectivity index is 0.00000144. The van der Waals surface area contributed by atoms with Crippen molar-refractivity contribution in [3.63, 3.8) is 0 Å². The molecule has 2 N–H and O–H groups in total. The number of carbonyl (C=O) groups is 1. The van der Waals surface area contributed by atoms with Crippen LogP contribution in [-0.2, 0) is 18.4 Å². The molecule has 0 spiro atoms. The van der Waals surface area contributed by atoms with Gasteiger partial charge in [-0.3, -0.25) is 4.79 Å². The van der Waals surface area contributed by atoms with Crippen LogP contribution in [0.4, 0.5) is 0 Å². The summed E-state index contributed by atoms with van der Waals surface area (Å²) in [6.45, 7) is 1.45. The number of aryl methyl sites for hydroxylation is 1. The molecule has 2 rings (SSSR count). The standard InChI is InChI=1S/C11H18N4O.2ClH/c1-15-7-6-13-10(15)8-14-11(16)9-4-2-3-5-12-9;;/h6-7,9,12H,2-5,8H2,1H3,(H,14,16);2*1H/t9-;;/m0../s1. The highest BCUT2D eigenvalue weighted by molar-refractivity contribution is 5.85. The molecule has 0 unspecified atom stereocenters. The molecule has 1 amide bonds. The van der Waals surface area contributed by atoms with Gasteiger partial charge in [-0.2, -0.15) is 0 Å². The van der Waals surface area contributed by atoms with E-state index >= 15 is 0 Å². The van der Waals surface area contributed by atoms with E-state index in [0.717, 1.165) is 25.2 Å². The molecule has 1 aliphatic rings. The Morgan fingerprint density at radius 3 is 2.89 bits per heavy atom. The lowest BCUT2D eigenvalue weighted by Gasteiger charge is -2.22. The van der Waals surface area contributed by atoms with Crippen molar-refractivity contribution in [2.75, 3.05) is 6.54 Å². The van der Waals surface area contributed by atoms with Gasteiger partial charge >= 0.3 is 0 Å². The summed E-state index contributed by atoms with van der Waals surface area (Å²) in [6.07, 6.45) is 6.85. The summed E-state index contributed by atoms with van der Waals surface area (Å²) in [7, 11) is 1.92.